The molecule has 204 valence electrons. The van der Waals surface area contributed by atoms with E-state index in [0.717, 1.165) is 48.4 Å². The van der Waals surface area contributed by atoms with Crippen molar-refractivity contribution in [1.82, 2.24) is 4.90 Å². The van der Waals surface area contributed by atoms with Crippen LogP contribution in [0.5, 0.6) is 5.75 Å². The molecular formula is C28H37N5O4S. The zero-order valence-electron chi connectivity index (χ0n) is 22.2. The van der Waals surface area contributed by atoms with Crippen LogP contribution in [0.4, 0.5) is 5.69 Å². The van der Waals surface area contributed by atoms with Crippen LogP contribution in [-0.4, -0.2) is 69.7 Å². The zero-order valence-corrected chi connectivity index (χ0v) is 23.1. The molecule has 2 aromatic rings. The van der Waals surface area contributed by atoms with Gasteiger partial charge in [-0.1, -0.05) is 24.3 Å². The Morgan fingerprint density at radius 1 is 1.16 bits per heavy atom. The number of anilines is 1. The van der Waals surface area contributed by atoms with Crippen LogP contribution in [0.2, 0.25) is 0 Å². The molecule has 4 N–H and O–H groups in total. The van der Waals surface area contributed by atoms with Crippen molar-refractivity contribution in [2.75, 3.05) is 36.9 Å². The summed E-state index contributed by atoms with van der Waals surface area (Å²) in [5, 5.41) is 15.6. The number of likely N-dealkylation sites (tertiary alicyclic amines) is 1. The number of nitrogens with two attached hydrogens (primary N) is 1. The number of rotatable bonds is 9. The van der Waals surface area contributed by atoms with E-state index in [-0.39, 0.29) is 24.3 Å². The molecular weight excluding hydrogens is 502 g/mol. The quantitative estimate of drug-likeness (QED) is 0.329. The minimum absolute atomic E-state index is 0.0215. The normalized spacial score (nSPS) is 18.4. The fourth-order valence-electron chi connectivity index (χ4n) is 5.15. The molecule has 0 amide bonds. The highest BCUT2D eigenvalue weighted by atomic mass is 32.2. The average molecular weight is 540 g/mol. The van der Waals surface area contributed by atoms with Gasteiger partial charge in [-0.15, -0.1) is 0 Å². The maximum Gasteiger partial charge on any atom is 0.235 e. The summed E-state index contributed by atoms with van der Waals surface area (Å²) in [7, 11) is -1.98. The molecule has 4 rings (SSSR count). The molecule has 1 unspecified atom stereocenters. The van der Waals surface area contributed by atoms with E-state index in [0.29, 0.717) is 23.5 Å². The Morgan fingerprint density at radius 2 is 1.89 bits per heavy atom. The van der Waals surface area contributed by atoms with E-state index in [4.69, 9.17) is 26.0 Å². The minimum Gasteiger partial charge on any atom is -0.490 e. The summed E-state index contributed by atoms with van der Waals surface area (Å²) in [5.74, 6) is 1.27. The van der Waals surface area contributed by atoms with Crippen LogP contribution < -0.4 is 14.8 Å². The molecule has 1 atom stereocenters. The van der Waals surface area contributed by atoms with Gasteiger partial charge in [0.1, 0.15) is 17.7 Å². The maximum atomic E-state index is 13.3. The number of ether oxygens (including phenoxy) is 2. The molecule has 9 nitrogen and oxygen atoms in total. The number of nitrogens with zero attached hydrogens (tertiary/aromatic N) is 2. The number of fused-ring (bicyclic) bond motifs is 1. The third kappa shape index (κ3) is 6.02. The summed E-state index contributed by atoms with van der Waals surface area (Å²) < 4.78 is 40.0. The SMILES string of the molecule is CCS(=O)(=O)N1c2ccc(OC3CCN(C(C)=N)CC3)cc2CC1/C(=C\c1cccc(C(=N)N)c1)COC. The molecule has 38 heavy (non-hydrogen) atoms. The van der Waals surface area contributed by atoms with Gasteiger partial charge in [0.05, 0.1) is 29.9 Å². The minimum atomic E-state index is -3.58. The van der Waals surface area contributed by atoms with Crippen molar-refractivity contribution in [3.63, 3.8) is 0 Å². The number of methoxy groups -OCH3 is 1. The van der Waals surface area contributed by atoms with Gasteiger partial charge >= 0.3 is 0 Å². The highest BCUT2D eigenvalue weighted by Gasteiger charge is 2.39. The van der Waals surface area contributed by atoms with E-state index in [1.54, 1.807) is 27.0 Å². The number of piperidine rings is 1. The number of amidine groups is 2. The molecule has 1 saturated heterocycles. The van der Waals surface area contributed by atoms with E-state index < -0.39 is 16.1 Å². The zero-order chi connectivity index (χ0) is 27.4. The fraction of sp³-hybridized carbons (Fsp3) is 0.429. The lowest BCUT2D eigenvalue weighted by Gasteiger charge is -2.33. The summed E-state index contributed by atoms with van der Waals surface area (Å²) in [5.41, 5.74) is 9.50. The van der Waals surface area contributed by atoms with Crippen LogP contribution in [-0.2, 0) is 21.2 Å². The van der Waals surface area contributed by atoms with Crippen molar-refractivity contribution in [3.05, 3.63) is 64.7 Å². The van der Waals surface area contributed by atoms with Crippen LogP contribution in [0.25, 0.3) is 6.08 Å². The van der Waals surface area contributed by atoms with Gasteiger partial charge in [0, 0.05) is 45.0 Å². The van der Waals surface area contributed by atoms with E-state index in [9.17, 15) is 8.42 Å². The van der Waals surface area contributed by atoms with Gasteiger partial charge in [-0.3, -0.25) is 15.1 Å². The summed E-state index contributed by atoms with van der Waals surface area (Å²) in [6.45, 7) is 5.31. The Bertz CT molecular complexity index is 1330. The molecule has 2 heterocycles. The lowest BCUT2D eigenvalue weighted by molar-refractivity contribution is 0.130. The van der Waals surface area contributed by atoms with Crippen LogP contribution in [0, 0.1) is 10.8 Å². The van der Waals surface area contributed by atoms with Crippen molar-refractivity contribution in [3.8, 4) is 5.75 Å². The van der Waals surface area contributed by atoms with Crippen molar-refractivity contribution in [1.29, 1.82) is 10.8 Å². The number of benzene rings is 2. The molecule has 2 aromatic carbocycles. The van der Waals surface area contributed by atoms with Crippen molar-refractivity contribution >= 4 is 33.5 Å². The molecule has 10 heteroatoms. The van der Waals surface area contributed by atoms with Crippen LogP contribution in [0.3, 0.4) is 0 Å². The van der Waals surface area contributed by atoms with Crippen LogP contribution >= 0.6 is 0 Å². The van der Waals surface area contributed by atoms with Gasteiger partial charge < -0.3 is 20.1 Å². The Hall–Kier alpha value is -3.37. The predicted octanol–water partition coefficient (Wildman–Crippen LogP) is 3.62. The number of sulfonamides is 1. The van der Waals surface area contributed by atoms with Crippen molar-refractivity contribution in [2.24, 2.45) is 5.73 Å². The van der Waals surface area contributed by atoms with Crippen LogP contribution in [0.1, 0.15) is 43.4 Å². The summed E-state index contributed by atoms with van der Waals surface area (Å²) in [4.78, 5) is 2.05. The Kier molecular flexibility index (Phi) is 8.42. The molecule has 2 aliphatic heterocycles. The first-order chi connectivity index (χ1) is 18.1. The highest BCUT2D eigenvalue weighted by molar-refractivity contribution is 7.92. The fourth-order valence-corrected chi connectivity index (χ4v) is 6.50. The maximum absolute atomic E-state index is 13.3. The van der Waals surface area contributed by atoms with Gasteiger partial charge in [0.25, 0.3) is 0 Å². The van der Waals surface area contributed by atoms with E-state index in [2.05, 4.69) is 4.90 Å². The first-order valence-electron chi connectivity index (χ1n) is 12.9. The second-order valence-electron chi connectivity index (χ2n) is 9.79. The number of hydrogen-bond donors (Lipinski definition) is 3. The summed E-state index contributed by atoms with van der Waals surface area (Å²) in [6, 6.07) is 12.5. The van der Waals surface area contributed by atoms with Gasteiger partial charge in [-0.2, -0.15) is 0 Å². The van der Waals surface area contributed by atoms with Gasteiger partial charge in [0.2, 0.25) is 10.0 Å². The summed E-state index contributed by atoms with van der Waals surface area (Å²) in [6.07, 6.45) is 4.17. The number of hydrogen-bond acceptors (Lipinski definition) is 6. The van der Waals surface area contributed by atoms with Crippen molar-refractivity contribution in [2.45, 2.75) is 45.3 Å². The third-order valence-electron chi connectivity index (χ3n) is 7.16. The average Bonchev–Trinajstić information content (AvgIpc) is 3.28. The molecule has 0 saturated carbocycles. The van der Waals surface area contributed by atoms with Crippen LogP contribution in [0.15, 0.2) is 48.0 Å². The number of nitrogen functional groups attached to an aromatic ring is 1. The van der Waals surface area contributed by atoms with Gasteiger partial charge in [0.15, 0.2) is 0 Å². The summed E-state index contributed by atoms with van der Waals surface area (Å²) >= 11 is 0. The van der Waals surface area contributed by atoms with E-state index in [1.165, 1.54) is 4.31 Å². The standard InChI is InChI=1S/C28H37N5O4S/c1-4-38(34,35)33-26-9-8-25(37-24-10-12-32(13-11-24)19(2)29)16-22(26)17-27(33)23(18-36-3)15-20-6-5-7-21(14-20)28(30)31/h5-9,14-16,24,27,29H,4,10-13,17-18H2,1-3H3,(H3,30,31)/b23-15-,29-19?. The first kappa shape index (κ1) is 27.7. The topological polar surface area (TPSA) is 133 Å². The predicted molar refractivity (Wildman–Crippen MR) is 152 cm³/mol. The van der Waals surface area contributed by atoms with Gasteiger partial charge in [-0.05, 0) is 54.8 Å². The van der Waals surface area contributed by atoms with E-state index >= 15 is 0 Å². The molecule has 0 radical (unpaired) electrons. The van der Waals surface area contributed by atoms with Gasteiger partial charge in [-0.25, -0.2) is 8.42 Å². The molecule has 0 spiro atoms. The van der Waals surface area contributed by atoms with E-state index in [1.807, 2.05) is 42.5 Å². The second-order valence-corrected chi connectivity index (χ2v) is 11.9. The Balaban J connectivity index is 1.64. The third-order valence-corrected chi connectivity index (χ3v) is 8.94. The smallest absolute Gasteiger partial charge is 0.235 e. The van der Waals surface area contributed by atoms with Crippen molar-refractivity contribution < 1.29 is 17.9 Å². The number of nitrogens with one attached hydrogen (secondary N) is 2. The molecule has 0 aromatic heterocycles. The monoisotopic (exact) mass is 539 g/mol. The molecule has 0 bridgehead atoms. The lowest BCUT2D eigenvalue weighted by Crippen LogP contribution is -2.40. The second kappa shape index (κ2) is 11.6. The molecule has 0 aliphatic carbocycles. The highest BCUT2D eigenvalue weighted by Crippen LogP contribution is 2.40. The molecule has 2 aliphatic rings. The Labute approximate surface area is 225 Å². The molecule has 1 fully saturated rings. The largest absolute Gasteiger partial charge is 0.490 e. The first-order valence-corrected chi connectivity index (χ1v) is 14.5. The lowest BCUT2D eigenvalue weighted by atomic mass is 10.00. The Morgan fingerprint density at radius 3 is 2.53 bits per heavy atom.